The number of unbranched alkanes of at least 4 members (excludes halogenated alkanes) is 1. The van der Waals surface area contributed by atoms with Crippen LogP contribution in [-0.4, -0.2) is 182 Å². The van der Waals surface area contributed by atoms with Crippen LogP contribution in [0.1, 0.15) is 73.0 Å². The van der Waals surface area contributed by atoms with Gasteiger partial charge in [-0.2, -0.15) is 4.98 Å². The highest BCUT2D eigenvalue weighted by Crippen LogP contribution is 2.43. The number of hydrogen-bond donors (Lipinski definition) is 8. The maximum absolute atomic E-state index is 15.0. The molecule has 2 unspecified atom stereocenters. The van der Waals surface area contributed by atoms with Gasteiger partial charge >= 0.3 is 21.7 Å². The summed E-state index contributed by atoms with van der Waals surface area (Å²) in [6, 6.07) is 19.7. The Balaban J connectivity index is 0.568. The molecule has 6 atom stereocenters. The maximum Gasteiger partial charge on any atom is 0.633 e. The van der Waals surface area contributed by atoms with Gasteiger partial charge in [0.05, 0.1) is 76.4 Å². The van der Waals surface area contributed by atoms with Crippen LogP contribution in [0.2, 0.25) is 10.0 Å². The number of sulfonamides is 1. The summed E-state index contributed by atoms with van der Waals surface area (Å²) in [7, 11) is -3.46. The van der Waals surface area contributed by atoms with Crippen molar-refractivity contribution in [3.63, 3.8) is 0 Å². The van der Waals surface area contributed by atoms with Crippen LogP contribution in [0.3, 0.4) is 0 Å². The summed E-state index contributed by atoms with van der Waals surface area (Å²) in [5.41, 5.74) is 15.3. The molecule has 4 aromatic carbocycles. The van der Waals surface area contributed by atoms with Crippen LogP contribution < -0.4 is 57.1 Å². The average Bonchev–Trinajstić information content (AvgIpc) is 3.21. The molecule has 2 saturated heterocycles. The molecule has 0 bridgehead atoms. The van der Waals surface area contributed by atoms with E-state index in [-0.39, 0.29) is 103 Å². The van der Waals surface area contributed by atoms with Gasteiger partial charge < -0.3 is 61.2 Å². The summed E-state index contributed by atoms with van der Waals surface area (Å²) in [5.74, 6) is 0.498. The number of halogens is 4. The van der Waals surface area contributed by atoms with E-state index in [0.717, 1.165) is 56.1 Å². The second-order valence-corrected chi connectivity index (χ2v) is 25.1. The van der Waals surface area contributed by atoms with Crippen LogP contribution in [0.15, 0.2) is 77.7 Å². The van der Waals surface area contributed by atoms with E-state index in [1.165, 1.54) is 24.3 Å². The molecule has 2 heterocycles. The number of benzene rings is 4. The van der Waals surface area contributed by atoms with Crippen LogP contribution in [0, 0.1) is 11.6 Å². The molecule has 84 heavy (non-hydrogen) atoms. The lowest BCUT2D eigenvalue weighted by atomic mass is 10.0. The maximum atomic E-state index is 15.0. The van der Waals surface area contributed by atoms with Crippen molar-refractivity contribution in [2.75, 3.05) is 118 Å². The lowest BCUT2D eigenvalue weighted by Gasteiger charge is -2.38. The Morgan fingerprint density at radius 1 is 0.583 bits per heavy atom. The minimum absolute atomic E-state index is 0.0203. The van der Waals surface area contributed by atoms with Crippen molar-refractivity contribution in [3.05, 3.63) is 117 Å². The summed E-state index contributed by atoms with van der Waals surface area (Å²) in [5, 5.41) is 12.8. The highest BCUT2D eigenvalue weighted by atomic mass is 35.5. The third kappa shape index (κ3) is 19.9. The van der Waals surface area contributed by atoms with Crippen LogP contribution in [0.5, 0.6) is 11.5 Å². The number of nitrogens with two attached hydrogens (primary N) is 2. The third-order valence-corrected chi connectivity index (χ3v) is 18.0. The summed E-state index contributed by atoms with van der Waals surface area (Å²) in [6.45, 7) is 7.95. The van der Waals surface area contributed by atoms with E-state index in [9.17, 15) is 22.4 Å². The topological polar surface area (TPSA) is 254 Å². The Hall–Kier alpha value is -4.77. The van der Waals surface area contributed by atoms with Gasteiger partial charge in [0.15, 0.2) is 0 Å². The molecule has 20 nitrogen and oxygen atoms in total. The molecule has 2 aliphatic heterocycles. The molecular weight excluding hydrogens is 1170 g/mol. The number of rotatable bonds is 33. The lowest BCUT2D eigenvalue weighted by Crippen LogP contribution is -2.49. The molecule has 26 heteroatoms. The molecule has 4 aliphatic rings. The monoisotopic (exact) mass is 1240 g/mol. The zero-order valence-corrected chi connectivity index (χ0v) is 50.7. The molecule has 4 amide bonds. The first-order chi connectivity index (χ1) is 40.7. The van der Waals surface area contributed by atoms with E-state index in [0.29, 0.717) is 128 Å². The van der Waals surface area contributed by atoms with Crippen molar-refractivity contribution < 1.29 is 55.2 Å². The van der Waals surface area contributed by atoms with Gasteiger partial charge in [-0.3, -0.25) is 9.80 Å². The fourth-order valence-electron chi connectivity index (χ4n) is 11.0. The highest BCUT2D eigenvalue weighted by molar-refractivity contribution is 7.89. The highest BCUT2D eigenvalue weighted by Gasteiger charge is 2.43. The third-order valence-electron chi connectivity index (χ3n) is 15.1. The first-order valence-electron chi connectivity index (χ1n) is 29.0. The number of nitrogens with zero attached hydrogens (tertiary/aromatic N) is 2. The molecule has 0 aromatic heterocycles. The molecular formula is C58H80Cl2F2N10O10SSi+. The second kappa shape index (κ2) is 33.4. The Labute approximate surface area is 504 Å². The number of piperidine rings is 2. The van der Waals surface area contributed by atoms with E-state index < -0.39 is 16.1 Å². The number of amides is 4. The molecule has 8 rings (SSSR count). The standard InChI is InChI=1S/C58H80Cl2F2N10O10SSi/c59-39-31-49-47(51(61)33-39)35-53(71-21-3-5-41(63)37-71)55(49)81-43-7-11-45(12-8-43)83(75,76)69-19-25-79-29-27-77-23-17-67-57(73)65-15-1-2-16-66-58(74)68-18-24-78-28-30-80-26-20-70-84-46-13-9-44(10-14-46)82-56-50-32-40(60)34-52(62)48(50)36-54(56)72-22-4-6-42(64)38-72/h7-14,31-34,41-42,53-56,69-70H,1-6,15-30,35-38,63-64H2,(H2,65,67,73)(H2,66,68,74)/q+1/t41-,42-,53?,54?,55+,56+/m1/s1. The Bertz CT molecular complexity index is 2850. The second-order valence-electron chi connectivity index (χ2n) is 21.3. The number of carbonyl (C=O) groups is 2. The van der Waals surface area contributed by atoms with E-state index in [4.69, 9.17) is 63.1 Å². The van der Waals surface area contributed by atoms with Crippen molar-refractivity contribution in [1.82, 2.24) is 40.8 Å². The van der Waals surface area contributed by atoms with Crippen molar-refractivity contribution in [3.8, 4) is 11.5 Å². The number of carbonyl (C=O) groups excluding carboxylic acids is 2. The van der Waals surface area contributed by atoms with Gasteiger partial charge in [0.25, 0.3) is 0 Å². The van der Waals surface area contributed by atoms with Gasteiger partial charge in [0, 0.05) is 79.1 Å². The van der Waals surface area contributed by atoms with E-state index in [2.05, 4.69) is 40.8 Å². The van der Waals surface area contributed by atoms with Crippen molar-refractivity contribution in [1.29, 1.82) is 0 Å². The van der Waals surface area contributed by atoms with Gasteiger partial charge in [-0.15, -0.1) is 0 Å². The largest absolute Gasteiger partial charge is 0.633 e. The summed E-state index contributed by atoms with van der Waals surface area (Å²) in [6.07, 6.45) is 5.36. The zero-order chi connectivity index (χ0) is 59.3. The Morgan fingerprint density at radius 2 is 1.01 bits per heavy atom. The van der Waals surface area contributed by atoms with Crippen LogP contribution in [0.25, 0.3) is 0 Å². The number of nitrogens with one attached hydrogen (secondary N) is 6. The summed E-state index contributed by atoms with van der Waals surface area (Å²) >= 11 is 12.5. The number of likely N-dealkylation sites (tertiary alicyclic amines) is 2. The van der Waals surface area contributed by atoms with Gasteiger partial charge in [0.2, 0.25) is 10.0 Å². The first kappa shape index (κ1) is 65.2. The molecule has 0 spiro atoms. The molecule has 2 fully saturated rings. The average molecular weight is 1250 g/mol. The van der Waals surface area contributed by atoms with Crippen molar-refractivity contribution in [2.24, 2.45) is 11.5 Å². The number of hydrogen-bond acceptors (Lipinski definition) is 15. The van der Waals surface area contributed by atoms with Gasteiger partial charge in [0.1, 0.15) is 40.5 Å². The minimum Gasteiger partial charge on any atom is -0.484 e. The van der Waals surface area contributed by atoms with E-state index in [1.54, 1.807) is 18.2 Å². The molecule has 1 radical (unpaired) electrons. The summed E-state index contributed by atoms with van der Waals surface area (Å²) in [4.78, 5) is 32.3. The number of urea groups is 2. The minimum atomic E-state index is -3.84. The first-order valence-corrected chi connectivity index (χ1v) is 32.3. The van der Waals surface area contributed by atoms with Crippen LogP contribution >= 0.6 is 23.2 Å². The van der Waals surface area contributed by atoms with E-state index in [1.807, 2.05) is 30.3 Å². The number of fused-ring (bicyclic) bond motifs is 2. The summed E-state index contributed by atoms with van der Waals surface area (Å²) < 4.78 is 93.8. The zero-order valence-electron chi connectivity index (χ0n) is 47.3. The molecule has 0 saturated carbocycles. The normalized spacial score (nSPS) is 20.7. The molecule has 4 aromatic rings. The molecule has 2 aliphatic carbocycles. The predicted molar refractivity (Wildman–Crippen MR) is 319 cm³/mol. The van der Waals surface area contributed by atoms with Crippen LogP contribution in [0.4, 0.5) is 18.4 Å². The molecule has 10 N–H and O–H groups in total. The van der Waals surface area contributed by atoms with Crippen molar-refractivity contribution in [2.45, 2.75) is 92.6 Å². The van der Waals surface area contributed by atoms with Gasteiger partial charge in [-0.25, -0.2) is 31.5 Å². The van der Waals surface area contributed by atoms with Gasteiger partial charge in [-0.1, -0.05) is 23.2 Å². The Morgan fingerprint density at radius 3 is 1.48 bits per heavy atom. The fourth-order valence-corrected chi connectivity index (χ4v) is 13.2. The quantitative estimate of drug-likeness (QED) is 0.0242. The predicted octanol–water partition coefficient (Wildman–Crippen LogP) is 4.47. The fraction of sp³-hybridized carbons (Fsp3) is 0.552. The van der Waals surface area contributed by atoms with Crippen molar-refractivity contribution >= 4 is 60.2 Å². The SMILES string of the molecule is N[C@@H]1CCCN(C2Cc3c(F)cc(Cl)cc3[C@@H]2Oc2ccc([Si+]NCCOCCOCCNC(=O)NCCCCNC(=O)NCCOCCOCCNS(=O)(=O)c3ccc(O[C@H]4c5cc(Cl)cc(F)c5CC4N4CCC[C@@H](N)C4)cc3)cc2)C1. The van der Waals surface area contributed by atoms with E-state index >= 15 is 4.39 Å². The van der Waals surface area contributed by atoms with Gasteiger partial charge in [-0.05, 0) is 148 Å². The Kier molecular flexibility index (Phi) is 25.9. The van der Waals surface area contributed by atoms with Crippen LogP contribution in [-0.2, 0) is 41.8 Å². The molecule has 459 valence electrons. The smallest absolute Gasteiger partial charge is 0.484 e. The lowest BCUT2D eigenvalue weighted by molar-refractivity contribution is 0.0516. The number of ether oxygens (including phenoxy) is 6.